The van der Waals surface area contributed by atoms with Crippen LogP contribution in [0.3, 0.4) is 0 Å². The number of hydrogen-bond donors (Lipinski definition) is 3. The predicted octanol–water partition coefficient (Wildman–Crippen LogP) is 3.79. The van der Waals surface area contributed by atoms with Crippen LogP contribution in [-0.2, 0) is 11.2 Å². The fourth-order valence-electron chi connectivity index (χ4n) is 4.28. The molecule has 2 atom stereocenters. The molecule has 2 aromatic carbocycles. The van der Waals surface area contributed by atoms with Crippen LogP contribution >= 0.6 is 0 Å². The molecule has 152 valence electrons. The molecular weight excluding hydrogens is 366 g/mol. The van der Waals surface area contributed by atoms with E-state index in [9.17, 15) is 9.90 Å². The molecule has 29 heavy (non-hydrogen) atoms. The first-order chi connectivity index (χ1) is 14.0. The Balaban J connectivity index is 1.54. The van der Waals surface area contributed by atoms with Crippen LogP contribution in [0.1, 0.15) is 42.8 Å². The van der Waals surface area contributed by atoms with E-state index in [2.05, 4.69) is 40.3 Å². The Morgan fingerprint density at radius 2 is 2.14 bits per heavy atom. The summed E-state index contributed by atoms with van der Waals surface area (Å²) in [7, 11) is 1.56. The third-order valence-electron chi connectivity index (χ3n) is 5.79. The number of carbonyl (C=O) groups is 1. The summed E-state index contributed by atoms with van der Waals surface area (Å²) >= 11 is 0. The standard InChI is InChI=1S/C23H27N3O3/c1-14-23-18(17-6-4-5-7-19(17)25-23)10-11-26(14)13-21(28)16-8-9-22(29-3)20(12-16)24-15(2)27/h4-9,12,14,21,25,28H,10-11,13H2,1-3H3,(H,24,27)/t14-,21-/m1/s1. The second-order valence-electron chi connectivity index (χ2n) is 7.64. The molecule has 6 heteroatoms. The number of methoxy groups -OCH3 is 1. The molecular formula is C23H27N3O3. The van der Waals surface area contributed by atoms with Crippen LogP contribution < -0.4 is 10.1 Å². The summed E-state index contributed by atoms with van der Waals surface area (Å²) in [6.45, 7) is 5.04. The van der Waals surface area contributed by atoms with Crippen molar-refractivity contribution in [2.24, 2.45) is 0 Å². The number of β-amino-alcohol motifs (C(OH)–C–C–N with tert-alkyl or cyclic N) is 1. The summed E-state index contributed by atoms with van der Waals surface area (Å²) in [6.07, 6.45) is 0.290. The van der Waals surface area contributed by atoms with Crippen LogP contribution in [-0.4, -0.2) is 41.1 Å². The largest absolute Gasteiger partial charge is 0.495 e. The van der Waals surface area contributed by atoms with Crippen molar-refractivity contribution < 1.29 is 14.6 Å². The van der Waals surface area contributed by atoms with Gasteiger partial charge >= 0.3 is 0 Å². The number of aliphatic hydroxyl groups excluding tert-OH is 1. The van der Waals surface area contributed by atoms with Crippen molar-refractivity contribution in [1.82, 2.24) is 9.88 Å². The lowest BCUT2D eigenvalue weighted by Crippen LogP contribution is -2.36. The molecule has 1 aliphatic rings. The van der Waals surface area contributed by atoms with Crippen molar-refractivity contribution in [3.8, 4) is 5.75 Å². The maximum atomic E-state index is 11.5. The minimum absolute atomic E-state index is 0.175. The van der Waals surface area contributed by atoms with Crippen LogP contribution in [0.2, 0.25) is 0 Å². The van der Waals surface area contributed by atoms with Gasteiger partial charge in [-0.05, 0) is 42.7 Å². The Labute approximate surface area is 170 Å². The summed E-state index contributed by atoms with van der Waals surface area (Å²) in [4.78, 5) is 17.3. The Bertz CT molecular complexity index is 1040. The van der Waals surface area contributed by atoms with E-state index >= 15 is 0 Å². The number of H-pyrrole nitrogens is 1. The zero-order valence-corrected chi connectivity index (χ0v) is 17.0. The van der Waals surface area contributed by atoms with Gasteiger partial charge in [-0.25, -0.2) is 0 Å². The van der Waals surface area contributed by atoms with Crippen molar-refractivity contribution in [2.75, 3.05) is 25.5 Å². The first kappa shape index (κ1) is 19.5. The highest BCUT2D eigenvalue weighted by atomic mass is 16.5. The average molecular weight is 393 g/mol. The summed E-state index contributed by atoms with van der Waals surface area (Å²) < 4.78 is 5.30. The van der Waals surface area contributed by atoms with Gasteiger partial charge in [-0.3, -0.25) is 9.69 Å². The smallest absolute Gasteiger partial charge is 0.221 e. The SMILES string of the molecule is COc1ccc([C@H](O)CN2CCc3c([nH]c4ccccc34)[C@H]2C)cc1NC(C)=O. The van der Waals surface area contributed by atoms with Gasteiger partial charge in [-0.2, -0.15) is 0 Å². The van der Waals surface area contributed by atoms with E-state index in [0.29, 0.717) is 18.0 Å². The molecule has 6 nitrogen and oxygen atoms in total. The highest BCUT2D eigenvalue weighted by molar-refractivity contribution is 5.90. The number of aliphatic hydroxyl groups is 1. The van der Waals surface area contributed by atoms with Crippen molar-refractivity contribution in [3.05, 3.63) is 59.3 Å². The number of amides is 1. The Morgan fingerprint density at radius 3 is 2.90 bits per heavy atom. The van der Waals surface area contributed by atoms with Crippen molar-refractivity contribution in [3.63, 3.8) is 0 Å². The zero-order valence-electron chi connectivity index (χ0n) is 17.0. The summed E-state index contributed by atoms with van der Waals surface area (Å²) in [5.41, 5.74) is 5.11. The van der Waals surface area contributed by atoms with E-state index in [1.807, 2.05) is 12.1 Å². The van der Waals surface area contributed by atoms with Crippen LogP contribution in [0.15, 0.2) is 42.5 Å². The number of anilines is 1. The van der Waals surface area contributed by atoms with Gasteiger partial charge in [0, 0.05) is 42.7 Å². The third-order valence-corrected chi connectivity index (χ3v) is 5.79. The normalized spacial score (nSPS) is 17.7. The first-order valence-corrected chi connectivity index (χ1v) is 9.95. The van der Waals surface area contributed by atoms with E-state index in [1.54, 1.807) is 19.2 Å². The minimum Gasteiger partial charge on any atom is -0.495 e. The number of ether oxygens (including phenoxy) is 1. The maximum Gasteiger partial charge on any atom is 0.221 e. The van der Waals surface area contributed by atoms with Crippen LogP contribution in [0.4, 0.5) is 5.69 Å². The molecule has 3 N–H and O–H groups in total. The average Bonchev–Trinajstić information content (AvgIpc) is 3.09. The number of para-hydroxylation sites is 1. The molecule has 0 radical (unpaired) electrons. The van der Waals surface area contributed by atoms with Gasteiger partial charge in [-0.1, -0.05) is 24.3 Å². The second kappa shape index (κ2) is 7.89. The maximum absolute atomic E-state index is 11.5. The third kappa shape index (κ3) is 3.73. The molecule has 1 aliphatic heterocycles. The predicted molar refractivity (Wildman–Crippen MR) is 114 cm³/mol. The van der Waals surface area contributed by atoms with E-state index < -0.39 is 6.10 Å². The number of nitrogens with one attached hydrogen (secondary N) is 2. The quantitative estimate of drug-likeness (QED) is 0.616. The van der Waals surface area contributed by atoms with Gasteiger partial charge in [-0.15, -0.1) is 0 Å². The molecule has 1 amide bonds. The van der Waals surface area contributed by atoms with E-state index in [-0.39, 0.29) is 11.9 Å². The van der Waals surface area contributed by atoms with E-state index in [4.69, 9.17) is 4.74 Å². The van der Waals surface area contributed by atoms with Crippen LogP contribution in [0.25, 0.3) is 10.9 Å². The Kier molecular flexibility index (Phi) is 5.30. The molecule has 0 spiro atoms. The van der Waals surface area contributed by atoms with Crippen molar-refractivity contribution >= 4 is 22.5 Å². The molecule has 0 saturated heterocycles. The molecule has 0 bridgehead atoms. The highest BCUT2D eigenvalue weighted by Crippen LogP contribution is 2.35. The van der Waals surface area contributed by atoms with E-state index in [0.717, 1.165) is 18.5 Å². The van der Waals surface area contributed by atoms with Gasteiger partial charge in [0.15, 0.2) is 0 Å². The van der Waals surface area contributed by atoms with E-state index in [1.165, 1.54) is 29.1 Å². The number of carbonyl (C=O) groups excluding carboxylic acids is 1. The van der Waals surface area contributed by atoms with Crippen molar-refractivity contribution in [1.29, 1.82) is 0 Å². The lowest BCUT2D eigenvalue weighted by Gasteiger charge is -2.35. The monoisotopic (exact) mass is 393 g/mol. The number of benzene rings is 2. The summed E-state index contributed by atoms with van der Waals surface area (Å²) in [5.74, 6) is 0.399. The molecule has 0 unspecified atom stereocenters. The molecule has 0 fully saturated rings. The number of aromatic nitrogens is 1. The Hall–Kier alpha value is -2.83. The molecule has 0 saturated carbocycles. The molecule has 4 rings (SSSR count). The molecule has 3 aromatic rings. The second-order valence-corrected chi connectivity index (χ2v) is 7.64. The highest BCUT2D eigenvalue weighted by Gasteiger charge is 2.28. The lowest BCUT2D eigenvalue weighted by molar-refractivity contribution is -0.114. The van der Waals surface area contributed by atoms with Crippen LogP contribution in [0.5, 0.6) is 5.75 Å². The van der Waals surface area contributed by atoms with Gasteiger partial charge in [0.2, 0.25) is 5.91 Å². The first-order valence-electron chi connectivity index (χ1n) is 9.95. The zero-order chi connectivity index (χ0) is 20.5. The van der Waals surface area contributed by atoms with Crippen LogP contribution in [0, 0.1) is 0 Å². The summed E-state index contributed by atoms with van der Waals surface area (Å²) in [6, 6.07) is 14.0. The number of aromatic amines is 1. The van der Waals surface area contributed by atoms with Gasteiger partial charge < -0.3 is 20.1 Å². The fraction of sp³-hybridized carbons (Fsp3) is 0.348. The van der Waals surface area contributed by atoms with Gasteiger partial charge in [0.1, 0.15) is 5.75 Å². The fourth-order valence-corrected chi connectivity index (χ4v) is 4.28. The molecule has 2 heterocycles. The number of nitrogens with zero attached hydrogens (tertiary/aromatic N) is 1. The number of fused-ring (bicyclic) bond motifs is 3. The molecule has 0 aliphatic carbocycles. The molecule has 1 aromatic heterocycles. The van der Waals surface area contributed by atoms with Crippen molar-refractivity contribution in [2.45, 2.75) is 32.4 Å². The van der Waals surface area contributed by atoms with Gasteiger partial charge in [0.25, 0.3) is 0 Å². The minimum atomic E-state index is -0.665. The lowest BCUT2D eigenvalue weighted by atomic mass is 9.97. The number of hydrogen-bond acceptors (Lipinski definition) is 4. The topological polar surface area (TPSA) is 77.6 Å². The summed E-state index contributed by atoms with van der Waals surface area (Å²) in [5, 5.41) is 15.0. The number of rotatable bonds is 5. The van der Waals surface area contributed by atoms with Gasteiger partial charge in [0.05, 0.1) is 18.9 Å². The Morgan fingerprint density at radius 1 is 1.34 bits per heavy atom.